The van der Waals surface area contributed by atoms with Gasteiger partial charge in [0.25, 0.3) is 11.7 Å². The Morgan fingerprint density at radius 1 is 1.21 bits per heavy atom. The maximum Gasteiger partial charge on any atom is 0.295 e. The number of ketones is 1. The summed E-state index contributed by atoms with van der Waals surface area (Å²) >= 11 is 1.45. The monoisotopic (exact) mass is 471 g/mol. The minimum Gasteiger partial charge on any atom is -0.507 e. The Hall–Kier alpha value is -2.64. The molecule has 2 heterocycles. The number of carbonyl (C=O) groups excluding carboxylic acids is 2. The van der Waals surface area contributed by atoms with E-state index in [1.54, 1.807) is 11.0 Å². The molecule has 33 heavy (non-hydrogen) atoms. The van der Waals surface area contributed by atoms with Crippen LogP contribution in [0, 0.1) is 0 Å². The smallest absolute Gasteiger partial charge is 0.295 e. The highest BCUT2D eigenvalue weighted by Gasteiger charge is 2.46. The first-order valence-electron chi connectivity index (χ1n) is 11.2. The molecule has 0 saturated carbocycles. The molecule has 178 valence electrons. The van der Waals surface area contributed by atoms with Gasteiger partial charge in [-0.3, -0.25) is 9.59 Å². The van der Waals surface area contributed by atoms with E-state index in [0.29, 0.717) is 30.9 Å². The van der Waals surface area contributed by atoms with Crippen LogP contribution in [0.3, 0.4) is 0 Å². The van der Waals surface area contributed by atoms with E-state index in [9.17, 15) is 14.7 Å². The van der Waals surface area contributed by atoms with Gasteiger partial charge in [-0.15, -0.1) is 11.3 Å². The first-order chi connectivity index (χ1) is 15.6. The number of hydrogen-bond acceptors (Lipinski definition) is 6. The first-order valence-corrected chi connectivity index (χ1v) is 12.1. The van der Waals surface area contributed by atoms with Crippen LogP contribution in [0.25, 0.3) is 5.76 Å². The number of carbonyl (C=O) groups is 2. The van der Waals surface area contributed by atoms with Crippen molar-refractivity contribution in [1.29, 1.82) is 0 Å². The number of amides is 1. The Kier molecular flexibility index (Phi) is 7.65. The van der Waals surface area contributed by atoms with E-state index in [4.69, 9.17) is 9.47 Å². The number of Topliss-reactive ketones (excluding diaryl/α,β-unsaturated/α-hetero) is 1. The molecule has 1 N–H and O–H groups in total. The van der Waals surface area contributed by atoms with Crippen molar-refractivity contribution in [2.75, 3.05) is 20.3 Å². The Morgan fingerprint density at radius 2 is 1.94 bits per heavy atom. The van der Waals surface area contributed by atoms with E-state index in [2.05, 4.69) is 20.8 Å². The van der Waals surface area contributed by atoms with E-state index in [0.717, 1.165) is 10.4 Å². The fraction of sp³-hybridized carbons (Fsp3) is 0.462. The average Bonchev–Trinajstić information content (AvgIpc) is 3.37. The van der Waals surface area contributed by atoms with Crippen LogP contribution < -0.4 is 4.74 Å². The minimum absolute atomic E-state index is 0.0936. The molecule has 0 bridgehead atoms. The van der Waals surface area contributed by atoms with Crippen LogP contribution in [0.15, 0.2) is 41.3 Å². The van der Waals surface area contributed by atoms with E-state index >= 15 is 0 Å². The predicted octanol–water partition coefficient (Wildman–Crippen LogP) is 5.29. The lowest BCUT2D eigenvalue weighted by Crippen LogP contribution is -2.31. The van der Waals surface area contributed by atoms with Gasteiger partial charge in [-0.2, -0.15) is 0 Å². The van der Waals surface area contributed by atoms with Crippen LogP contribution in [-0.2, 0) is 19.7 Å². The second kappa shape index (κ2) is 10.1. The van der Waals surface area contributed by atoms with E-state index < -0.39 is 17.7 Å². The van der Waals surface area contributed by atoms with Crippen molar-refractivity contribution in [1.82, 2.24) is 4.90 Å². The quantitative estimate of drug-likeness (QED) is 0.245. The first kappa shape index (κ1) is 25.0. The maximum absolute atomic E-state index is 13.2. The summed E-state index contributed by atoms with van der Waals surface area (Å²) in [7, 11) is 1.52. The summed E-state index contributed by atoms with van der Waals surface area (Å²) in [5, 5.41) is 13.3. The summed E-state index contributed by atoms with van der Waals surface area (Å²) in [6, 6.07) is 8.68. The number of aliphatic hydroxyl groups excluding tert-OH is 1. The third kappa shape index (κ3) is 5.31. The molecule has 1 unspecified atom stereocenters. The van der Waals surface area contributed by atoms with Gasteiger partial charge in [-0.25, -0.2) is 0 Å². The topological polar surface area (TPSA) is 76.1 Å². The van der Waals surface area contributed by atoms with Crippen molar-refractivity contribution in [2.24, 2.45) is 0 Å². The molecule has 0 radical (unpaired) electrons. The van der Waals surface area contributed by atoms with Crippen molar-refractivity contribution >= 4 is 28.8 Å². The maximum atomic E-state index is 13.2. The number of benzene rings is 1. The van der Waals surface area contributed by atoms with Crippen molar-refractivity contribution in [3.05, 3.63) is 57.3 Å². The average molecular weight is 472 g/mol. The molecule has 1 aliphatic heterocycles. The second-order valence-electron chi connectivity index (χ2n) is 9.45. The zero-order chi connectivity index (χ0) is 24.3. The summed E-state index contributed by atoms with van der Waals surface area (Å²) in [5.74, 6) is -1.05. The van der Waals surface area contributed by atoms with Crippen LogP contribution >= 0.6 is 11.3 Å². The third-order valence-corrected chi connectivity index (χ3v) is 6.59. The molecule has 1 aromatic heterocycles. The van der Waals surface area contributed by atoms with Gasteiger partial charge in [-0.1, -0.05) is 32.9 Å². The molecule has 1 aromatic carbocycles. The zero-order valence-electron chi connectivity index (χ0n) is 20.2. The van der Waals surface area contributed by atoms with Gasteiger partial charge in [0.1, 0.15) is 11.5 Å². The largest absolute Gasteiger partial charge is 0.507 e. The molecular formula is C26H33NO5S. The molecule has 1 fully saturated rings. The van der Waals surface area contributed by atoms with Gasteiger partial charge in [0.05, 0.1) is 30.4 Å². The number of aliphatic hydroxyl groups is 1. The summed E-state index contributed by atoms with van der Waals surface area (Å²) < 4.78 is 11.1. The lowest BCUT2D eigenvalue weighted by Gasteiger charge is -2.25. The molecule has 1 aliphatic rings. The summed E-state index contributed by atoms with van der Waals surface area (Å²) in [5.41, 5.74) is 1.32. The number of hydrogen-bond donors (Lipinski definition) is 1. The highest BCUT2D eigenvalue weighted by atomic mass is 32.1. The SMILES string of the molecule is COc1ccc(C(C)(C)C)cc1/C(O)=C1\C(=O)C(=O)N(CCCOC(C)C)C1c1cccs1. The molecule has 1 saturated heterocycles. The second-order valence-corrected chi connectivity index (χ2v) is 10.4. The standard InChI is InChI=1S/C26H33NO5S/c1-16(2)32-13-8-12-27-22(20-9-7-14-33-20)21(24(29)25(27)30)23(28)18-15-17(26(3,4)5)10-11-19(18)31-6/h7,9-11,14-16,22,28H,8,12-13H2,1-6H3/b23-21+. The Balaban J connectivity index is 2.09. The van der Waals surface area contributed by atoms with Gasteiger partial charge >= 0.3 is 0 Å². The van der Waals surface area contributed by atoms with E-state index in [1.165, 1.54) is 18.4 Å². The van der Waals surface area contributed by atoms with Crippen LogP contribution in [-0.4, -0.2) is 48.1 Å². The van der Waals surface area contributed by atoms with Crippen LogP contribution in [0.4, 0.5) is 0 Å². The van der Waals surface area contributed by atoms with Gasteiger partial charge in [0.15, 0.2) is 0 Å². The Morgan fingerprint density at radius 3 is 2.52 bits per heavy atom. The Labute approximate surface area is 199 Å². The van der Waals surface area contributed by atoms with Gasteiger partial charge in [0, 0.05) is 18.0 Å². The molecular weight excluding hydrogens is 438 g/mol. The number of likely N-dealkylation sites (tertiary alicyclic amines) is 1. The summed E-state index contributed by atoms with van der Waals surface area (Å²) in [6.07, 6.45) is 0.687. The number of rotatable bonds is 8. The Bertz CT molecular complexity index is 1030. The molecule has 0 spiro atoms. The highest BCUT2D eigenvalue weighted by Crippen LogP contribution is 2.43. The van der Waals surface area contributed by atoms with Gasteiger partial charge < -0.3 is 19.5 Å². The molecule has 7 heteroatoms. The number of ether oxygens (including phenoxy) is 2. The van der Waals surface area contributed by atoms with Gasteiger partial charge in [-0.05, 0) is 54.8 Å². The normalized spacial score (nSPS) is 18.4. The lowest BCUT2D eigenvalue weighted by molar-refractivity contribution is -0.140. The fourth-order valence-electron chi connectivity index (χ4n) is 3.91. The van der Waals surface area contributed by atoms with E-state index in [1.807, 2.05) is 43.5 Å². The van der Waals surface area contributed by atoms with Crippen LogP contribution in [0.5, 0.6) is 5.75 Å². The van der Waals surface area contributed by atoms with Crippen LogP contribution in [0.1, 0.15) is 63.1 Å². The molecule has 6 nitrogen and oxygen atoms in total. The van der Waals surface area contributed by atoms with Gasteiger partial charge in [0.2, 0.25) is 0 Å². The minimum atomic E-state index is -0.682. The molecule has 0 aliphatic carbocycles. The van der Waals surface area contributed by atoms with E-state index in [-0.39, 0.29) is 22.9 Å². The van der Waals surface area contributed by atoms with Crippen molar-refractivity contribution in [3.63, 3.8) is 0 Å². The molecule has 2 aromatic rings. The molecule has 1 amide bonds. The number of nitrogens with zero attached hydrogens (tertiary/aromatic N) is 1. The predicted molar refractivity (Wildman–Crippen MR) is 131 cm³/mol. The summed E-state index contributed by atoms with van der Waals surface area (Å²) in [6.45, 7) is 11.0. The molecule has 3 rings (SSSR count). The highest BCUT2D eigenvalue weighted by molar-refractivity contribution is 7.10. The lowest BCUT2D eigenvalue weighted by atomic mass is 9.85. The van der Waals surface area contributed by atoms with Crippen molar-refractivity contribution < 1.29 is 24.2 Å². The van der Waals surface area contributed by atoms with Crippen LogP contribution in [0.2, 0.25) is 0 Å². The van der Waals surface area contributed by atoms with Crippen molar-refractivity contribution in [2.45, 2.75) is 58.6 Å². The van der Waals surface area contributed by atoms with Crippen molar-refractivity contribution in [3.8, 4) is 5.75 Å². The fourth-order valence-corrected chi connectivity index (χ4v) is 4.76. The summed E-state index contributed by atoms with van der Waals surface area (Å²) in [4.78, 5) is 28.6. The third-order valence-electron chi connectivity index (χ3n) is 5.67. The number of methoxy groups -OCH3 is 1. The zero-order valence-corrected chi connectivity index (χ0v) is 21.0. The number of thiophene rings is 1. The molecule has 1 atom stereocenters.